The number of phenols is 1. The van der Waals surface area contributed by atoms with Crippen molar-refractivity contribution in [3.63, 3.8) is 0 Å². The number of amides is 4. The SMILES string of the molecule is O=C1[C@H]2[C@H](CC=C3[C@H]2C[C@H]2C(=O)N(c4cc(C(F)(F)F)cc(C(F)(F)F)c4)C(=O)[C@H]2[C@H]3c2ccc(O)cc2)C(=O)N1c1cc(C(F)(F)F)cc(C(F)(F)F)c1. The highest BCUT2D eigenvalue weighted by atomic mass is 19.4. The molecule has 1 saturated carbocycles. The summed E-state index contributed by atoms with van der Waals surface area (Å²) >= 11 is 0. The maximum Gasteiger partial charge on any atom is 0.416 e. The molecular weight excluding hydrogens is 768 g/mol. The molecule has 2 aliphatic carbocycles. The molecule has 1 N–H and O–H groups in total. The third-order valence-corrected chi connectivity index (χ3v) is 10.6. The fraction of sp³-hybridized carbons (Fsp3) is 0.333. The summed E-state index contributed by atoms with van der Waals surface area (Å²) in [5.41, 5.74) is -8.91. The molecule has 290 valence electrons. The number of aromatic hydroxyl groups is 1. The number of benzene rings is 3. The van der Waals surface area contributed by atoms with Crippen LogP contribution in [-0.4, -0.2) is 28.7 Å². The van der Waals surface area contributed by atoms with Crippen molar-refractivity contribution in [2.24, 2.45) is 29.6 Å². The number of fused-ring (bicyclic) bond motifs is 4. The molecule has 0 spiro atoms. The Balaban J connectivity index is 1.34. The molecule has 2 aliphatic heterocycles. The van der Waals surface area contributed by atoms with Crippen LogP contribution in [-0.2, 0) is 43.9 Å². The van der Waals surface area contributed by atoms with Gasteiger partial charge in [-0.05, 0) is 72.9 Å². The number of rotatable bonds is 3. The van der Waals surface area contributed by atoms with E-state index in [1.165, 1.54) is 30.3 Å². The smallest absolute Gasteiger partial charge is 0.416 e. The molecule has 0 aromatic heterocycles. The summed E-state index contributed by atoms with van der Waals surface area (Å²) in [6.07, 6.45) is -20.8. The monoisotopic (exact) mass is 790 g/mol. The summed E-state index contributed by atoms with van der Waals surface area (Å²) in [4.78, 5) is 56.4. The molecule has 3 aromatic rings. The summed E-state index contributed by atoms with van der Waals surface area (Å²) in [6, 6.07) is 5.39. The van der Waals surface area contributed by atoms with Crippen LogP contribution in [0.1, 0.15) is 46.6 Å². The van der Waals surface area contributed by atoms with Crippen LogP contribution in [0.15, 0.2) is 72.3 Å². The lowest BCUT2D eigenvalue weighted by molar-refractivity contribution is -0.144. The number of carbonyl (C=O) groups excluding carboxylic acids is 4. The second-order valence-electron chi connectivity index (χ2n) is 13.7. The first-order valence-electron chi connectivity index (χ1n) is 16.2. The van der Waals surface area contributed by atoms with Crippen LogP contribution in [0.5, 0.6) is 5.75 Å². The Morgan fingerprint density at radius 3 is 1.33 bits per heavy atom. The Labute approximate surface area is 300 Å². The van der Waals surface area contributed by atoms with Gasteiger partial charge >= 0.3 is 24.7 Å². The molecule has 0 bridgehead atoms. The van der Waals surface area contributed by atoms with E-state index >= 15 is 0 Å². The van der Waals surface area contributed by atoms with Crippen molar-refractivity contribution in [3.8, 4) is 5.75 Å². The van der Waals surface area contributed by atoms with Gasteiger partial charge in [-0.3, -0.25) is 19.2 Å². The molecule has 19 heteroatoms. The summed E-state index contributed by atoms with van der Waals surface area (Å²) in [6.45, 7) is 0. The van der Waals surface area contributed by atoms with E-state index in [2.05, 4.69) is 0 Å². The zero-order valence-corrected chi connectivity index (χ0v) is 27.2. The summed E-state index contributed by atoms with van der Waals surface area (Å²) in [7, 11) is 0. The van der Waals surface area contributed by atoms with Gasteiger partial charge in [0.1, 0.15) is 5.75 Å². The predicted octanol–water partition coefficient (Wildman–Crippen LogP) is 8.51. The van der Waals surface area contributed by atoms with Gasteiger partial charge in [-0.25, -0.2) is 9.80 Å². The van der Waals surface area contributed by atoms with Crippen molar-refractivity contribution in [3.05, 3.63) is 100 Å². The molecule has 6 atom stereocenters. The average Bonchev–Trinajstić information content (AvgIpc) is 3.49. The number of anilines is 2. The number of hydrogen-bond donors (Lipinski definition) is 1. The molecule has 0 radical (unpaired) electrons. The lowest BCUT2D eigenvalue weighted by atomic mass is 9.57. The number of phenolic OH excluding ortho intramolecular Hbond substituents is 1. The van der Waals surface area contributed by atoms with Crippen molar-refractivity contribution in [1.29, 1.82) is 0 Å². The third kappa shape index (κ3) is 6.30. The fourth-order valence-corrected chi connectivity index (χ4v) is 8.29. The molecule has 4 amide bonds. The van der Waals surface area contributed by atoms with Gasteiger partial charge in [0.15, 0.2) is 0 Å². The van der Waals surface area contributed by atoms with Crippen molar-refractivity contribution in [2.45, 2.75) is 43.5 Å². The van der Waals surface area contributed by atoms with Gasteiger partial charge in [0.05, 0.1) is 57.3 Å². The maximum atomic E-state index is 14.2. The summed E-state index contributed by atoms with van der Waals surface area (Å²) in [5, 5.41) is 9.95. The van der Waals surface area contributed by atoms with Crippen LogP contribution in [0, 0.1) is 29.6 Å². The van der Waals surface area contributed by atoms with E-state index in [1.807, 2.05) is 0 Å². The van der Waals surface area contributed by atoms with Crippen LogP contribution in [0.2, 0.25) is 0 Å². The van der Waals surface area contributed by atoms with Crippen molar-refractivity contribution >= 4 is 35.0 Å². The summed E-state index contributed by atoms with van der Waals surface area (Å²) < 4.78 is 165. The third-order valence-electron chi connectivity index (χ3n) is 10.6. The second kappa shape index (κ2) is 12.3. The van der Waals surface area contributed by atoms with Crippen molar-refractivity contribution < 1.29 is 77.0 Å². The Kier molecular flexibility index (Phi) is 8.50. The minimum absolute atomic E-state index is 0.192. The Bertz CT molecular complexity index is 2110. The summed E-state index contributed by atoms with van der Waals surface area (Å²) in [5.74, 6) is -13.4. The number of halogens is 12. The largest absolute Gasteiger partial charge is 0.508 e. The zero-order chi connectivity index (χ0) is 40.3. The van der Waals surface area contributed by atoms with Crippen LogP contribution < -0.4 is 9.80 Å². The minimum Gasteiger partial charge on any atom is -0.508 e. The molecule has 2 saturated heterocycles. The minimum atomic E-state index is -5.35. The van der Waals surface area contributed by atoms with Gasteiger partial charge in [0, 0.05) is 5.92 Å². The van der Waals surface area contributed by atoms with Gasteiger partial charge in [-0.1, -0.05) is 23.8 Å². The molecular formula is C36H22F12N2O5. The maximum absolute atomic E-state index is 14.2. The topological polar surface area (TPSA) is 95.0 Å². The molecule has 7 nitrogen and oxygen atoms in total. The van der Waals surface area contributed by atoms with Crippen molar-refractivity contribution in [2.75, 3.05) is 9.80 Å². The number of alkyl halides is 12. The van der Waals surface area contributed by atoms with E-state index in [4.69, 9.17) is 0 Å². The molecule has 55 heavy (non-hydrogen) atoms. The van der Waals surface area contributed by atoms with Gasteiger partial charge in [-0.15, -0.1) is 0 Å². The van der Waals surface area contributed by atoms with Crippen molar-refractivity contribution in [1.82, 2.24) is 0 Å². The Morgan fingerprint density at radius 1 is 0.509 bits per heavy atom. The number of nitrogens with zero attached hydrogens (tertiary/aromatic N) is 2. The quantitative estimate of drug-likeness (QED) is 0.163. The van der Waals surface area contributed by atoms with E-state index in [-0.39, 0.29) is 69.5 Å². The van der Waals surface area contributed by atoms with E-state index in [9.17, 15) is 77.0 Å². The molecule has 3 fully saturated rings. The molecule has 4 aliphatic rings. The number of allylic oxidation sites excluding steroid dienone is 2. The number of imide groups is 2. The highest BCUT2D eigenvalue weighted by molar-refractivity contribution is 6.24. The lowest BCUT2D eigenvalue weighted by Gasteiger charge is -2.44. The highest BCUT2D eigenvalue weighted by Crippen LogP contribution is 2.59. The second-order valence-corrected chi connectivity index (χ2v) is 13.7. The zero-order valence-electron chi connectivity index (χ0n) is 27.2. The van der Waals surface area contributed by atoms with Crippen LogP contribution in [0.25, 0.3) is 0 Å². The van der Waals surface area contributed by atoms with E-state index in [0.717, 1.165) is 0 Å². The molecule has 7 rings (SSSR count). The highest BCUT2D eigenvalue weighted by Gasteiger charge is 2.62. The number of hydrogen-bond acceptors (Lipinski definition) is 5. The van der Waals surface area contributed by atoms with Crippen LogP contribution in [0.4, 0.5) is 64.1 Å². The van der Waals surface area contributed by atoms with Gasteiger partial charge in [-0.2, -0.15) is 52.7 Å². The fourth-order valence-electron chi connectivity index (χ4n) is 8.29. The first-order valence-corrected chi connectivity index (χ1v) is 16.2. The van der Waals surface area contributed by atoms with E-state index < -0.39 is 124 Å². The van der Waals surface area contributed by atoms with Gasteiger partial charge < -0.3 is 5.11 Å². The van der Waals surface area contributed by atoms with Gasteiger partial charge in [0.25, 0.3) is 0 Å². The number of carbonyl (C=O) groups is 4. The first-order chi connectivity index (χ1) is 25.4. The van der Waals surface area contributed by atoms with E-state index in [0.29, 0.717) is 0 Å². The molecule has 2 heterocycles. The van der Waals surface area contributed by atoms with Gasteiger partial charge in [0.2, 0.25) is 23.6 Å². The lowest BCUT2D eigenvalue weighted by Crippen LogP contribution is -2.43. The Hall–Kier alpha value is -5.36. The normalized spacial score (nSPS) is 25.9. The molecule has 0 unspecified atom stereocenters. The Morgan fingerprint density at radius 2 is 0.909 bits per heavy atom. The first kappa shape index (κ1) is 37.9. The van der Waals surface area contributed by atoms with Crippen LogP contribution in [0.3, 0.4) is 0 Å². The van der Waals surface area contributed by atoms with E-state index in [1.54, 1.807) is 0 Å². The predicted molar refractivity (Wildman–Crippen MR) is 163 cm³/mol. The average molecular weight is 791 g/mol. The standard InChI is InChI=1S/C36H22F12N2O5/c37-33(38,39)15-7-16(34(40,41)42)10-19(9-15)49-29(52)23-6-5-22-24(27(23)31(49)54)13-25-28(26(22)14-1-3-21(51)4-2-14)32(55)50(30(25)53)20-11-17(35(43,44)45)8-18(12-20)36(46,47)48/h1-5,7-12,23-28,51H,6,13H2/t23-,24+,25+,26-,27-,28+/m0/s1. The van der Waals surface area contributed by atoms with Crippen LogP contribution >= 0.6 is 0 Å². The molecule has 3 aromatic carbocycles.